The van der Waals surface area contributed by atoms with Crippen molar-refractivity contribution in [3.63, 3.8) is 0 Å². The highest BCUT2D eigenvalue weighted by Crippen LogP contribution is 2.58. The molecular weight excluding hydrogens is 283 g/mol. The normalized spacial score (nSPS) is 17.6. The molecule has 0 aliphatic carbocycles. The fourth-order valence-corrected chi connectivity index (χ4v) is 9.81. The maximum Gasteiger partial charge on any atom is 0.348 e. The van der Waals surface area contributed by atoms with E-state index >= 15 is 0 Å². The predicted octanol–water partition coefficient (Wildman–Crippen LogP) is 4.39. The number of hydrogen-bond acceptors (Lipinski definition) is 3. The lowest BCUT2D eigenvalue weighted by Crippen LogP contribution is -2.41. The molecule has 0 saturated heterocycles. The van der Waals surface area contributed by atoms with Crippen LogP contribution >= 0.6 is 7.60 Å². The minimum Gasteiger partial charge on any atom is -0.402 e. The lowest BCUT2D eigenvalue weighted by molar-refractivity contribution is 0.146. The fourth-order valence-electron chi connectivity index (χ4n) is 1.90. The van der Waals surface area contributed by atoms with Crippen molar-refractivity contribution in [1.29, 1.82) is 0 Å². The maximum atomic E-state index is 12.5. The van der Waals surface area contributed by atoms with E-state index in [4.69, 9.17) is 8.64 Å². The van der Waals surface area contributed by atoms with Crippen molar-refractivity contribution in [2.24, 2.45) is 0 Å². The molecule has 0 bridgehead atoms. The Morgan fingerprint density at radius 3 is 1.94 bits per heavy atom. The molecule has 0 aromatic heterocycles. The summed E-state index contributed by atoms with van der Waals surface area (Å²) in [5.74, 6) is 0. The first-order chi connectivity index (χ1) is 7.72. The number of hydrogen-bond donors (Lipinski definition) is 1. The molecule has 7 heteroatoms. The van der Waals surface area contributed by atoms with Crippen LogP contribution < -0.4 is 0 Å². The Kier molecular flexibility index (Phi) is 6.07. The van der Waals surface area contributed by atoms with Crippen LogP contribution in [0.15, 0.2) is 0 Å². The molecule has 1 unspecified atom stereocenters. The summed E-state index contributed by atoms with van der Waals surface area (Å²) in [4.78, 5) is 10.2. The third kappa shape index (κ3) is 6.13. The Morgan fingerprint density at radius 1 is 1.17 bits per heavy atom. The molecule has 4 nitrogen and oxygen atoms in total. The van der Waals surface area contributed by atoms with Gasteiger partial charge in [0.2, 0.25) is 0 Å². The van der Waals surface area contributed by atoms with Gasteiger partial charge in [0.1, 0.15) is 0 Å². The summed E-state index contributed by atoms with van der Waals surface area (Å²) in [7, 11) is -7.76. The molecular formula is C11H29O4PSi2. The summed E-state index contributed by atoms with van der Waals surface area (Å²) in [6.07, 6.45) is 0.967. The van der Waals surface area contributed by atoms with Gasteiger partial charge in [-0.3, -0.25) is 4.57 Å². The van der Waals surface area contributed by atoms with Gasteiger partial charge < -0.3 is 13.5 Å². The van der Waals surface area contributed by atoms with E-state index in [0.29, 0.717) is 0 Å². The van der Waals surface area contributed by atoms with Crippen molar-refractivity contribution in [2.45, 2.75) is 71.3 Å². The molecule has 0 aromatic rings. The van der Waals surface area contributed by atoms with Crippen molar-refractivity contribution in [1.82, 2.24) is 0 Å². The maximum absolute atomic E-state index is 12.5. The van der Waals surface area contributed by atoms with E-state index in [-0.39, 0.29) is 0 Å². The van der Waals surface area contributed by atoms with Gasteiger partial charge in [0.05, 0.1) is 0 Å². The fraction of sp³-hybridized carbons (Fsp3) is 1.00. The molecule has 0 amide bonds. The molecule has 0 fully saturated rings. The average molecular weight is 312 g/mol. The van der Waals surface area contributed by atoms with Crippen LogP contribution in [0.5, 0.6) is 0 Å². The van der Waals surface area contributed by atoms with E-state index in [0.717, 1.165) is 12.5 Å². The molecule has 0 aromatic carbocycles. The monoisotopic (exact) mass is 312 g/mol. The second-order valence-electron chi connectivity index (χ2n) is 6.78. The molecule has 18 heavy (non-hydrogen) atoms. The topological polar surface area (TPSA) is 55.8 Å². The number of rotatable bonds is 7. The molecule has 0 rings (SSSR count). The summed E-state index contributed by atoms with van der Waals surface area (Å²) in [6, 6.07) is 0.876. The van der Waals surface area contributed by atoms with Crippen molar-refractivity contribution in [3.05, 3.63) is 0 Å². The van der Waals surface area contributed by atoms with Crippen molar-refractivity contribution in [2.75, 3.05) is 0 Å². The molecule has 1 N–H and O–H groups in total. The van der Waals surface area contributed by atoms with Gasteiger partial charge in [-0.25, -0.2) is 0 Å². The first-order valence-electron chi connectivity index (χ1n) is 6.46. The molecule has 0 saturated carbocycles. The average Bonchev–Trinajstić information content (AvgIpc) is 1.94. The molecule has 1 atom stereocenters. The van der Waals surface area contributed by atoms with Crippen molar-refractivity contribution < 1.29 is 18.1 Å². The quantitative estimate of drug-likeness (QED) is 0.559. The van der Waals surface area contributed by atoms with Crippen LogP contribution in [-0.2, 0) is 13.2 Å². The van der Waals surface area contributed by atoms with E-state index in [1.807, 2.05) is 32.7 Å². The highest BCUT2D eigenvalue weighted by atomic mass is 31.2. The summed E-state index contributed by atoms with van der Waals surface area (Å²) in [6.45, 7) is 15.3. The lowest BCUT2D eigenvalue weighted by Gasteiger charge is -2.38. The predicted molar refractivity (Wildman–Crippen MR) is 82.0 cm³/mol. The zero-order valence-corrected chi connectivity index (χ0v) is 15.9. The largest absolute Gasteiger partial charge is 0.402 e. The van der Waals surface area contributed by atoms with Crippen LogP contribution in [0.2, 0.25) is 38.8 Å². The van der Waals surface area contributed by atoms with Crippen LogP contribution in [0.25, 0.3) is 0 Å². The van der Waals surface area contributed by atoms with Crippen molar-refractivity contribution in [3.8, 4) is 0 Å². The Morgan fingerprint density at radius 2 is 1.61 bits per heavy atom. The van der Waals surface area contributed by atoms with E-state index in [9.17, 15) is 9.46 Å². The second-order valence-corrected chi connectivity index (χ2v) is 18.1. The van der Waals surface area contributed by atoms with Gasteiger partial charge in [-0.05, 0) is 52.6 Å². The van der Waals surface area contributed by atoms with Crippen LogP contribution in [0.4, 0.5) is 0 Å². The first kappa shape index (κ1) is 18.5. The molecule has 0 aliphatic rings. The first-order valence-corrected chi connectivity index (χ1v) is 14.6. The van der Waals surface area contributed by atoms with Gasteiger partial charge in [0.15, 0.2) is 22.0 Å². The molecule has 0 radical (unpaired) electrons. The lowest BCUT2D eigenvalue weighted by atomic mass is 10.5. The summed E-state index contributed by atoms with van der Waals surface area (Å²) >= 11 is 0. The van der Waals surface area contributed by atoms with Gasteiger partial charge in [0.25, 0.3) is 0 Å². The van der Waals surface area contributed by atoms with Crippen LogP contribution in [0.3, 0.4) is 0 Å². The summed E-state index contributed by atoms with van der Waals surface area (Å²) in [5, 5.41) is -1.13. The molecule has 0 aliphatic heterocycles. The van der Waals surface area contributed by atoms with Crippen LogP contribution in [-0.4, -0.2) is 26.9 Å². The molecule has 0 heterocycles. The third-order valence-corrected chi connectivity index (χ3v) is 9.88. The minimum atomic E-state index is -3.77. The highest BCUT2D eigenvalue weighted by molar-refractivity contribution is 7.56. The van der Waals surface area contributed by atoms with Crippen LogP contribution in [0.1, 0.15) is 27.2 Å². The Hall–Kier alpha value is 0.544. The van der Waals surface area contributed by atoms with Gasteiger partial charge in [-0.1, -0.05) is 13.3 Å². The molecule has 0 spiro atoms. The summed E-state index contributed by atoms with van der Waals surface area (Å²) < 4.78 is 23.9. The third-order valence-electron chi connectivity index (χ3n) is 2.46. The van der Waals surface area contributed by atoms with E-state index in [1.165, 1.54) is 0 Å². The Bertz CT molecular complexity index is 323. The standard InChI is InChI=1S/C11H29O4PSi2/c1-9-10-18(7,8)15-16(12,13)11(2,3)14-17(4,5)6/h9-10H2,1-8H3,(H,12,13). The Labute approximate surface area is 114 Å². The highest BCUT2D eigenvalue weighted by Gasteiger charge is 2.47. The smallest absolute Gasteiger partial charge is 0.348 e. The minimum absolute atomic E-state index is 0.876. The van der Waals surface area contributed by atoms with Crippen molar-refractivity contribution >= 4 is 24.2 Å². The second kappa shape index (κ2) is 5.89. The zero-order chi connectivity index (χ0) is 14.8. The van der Waals surface area contributed by atoms with E-state index in [2.05, 4.69) is 6.92 Å². The van der Waals surface area contributed by atoms with Gasteiger partial charge in [0, 0.05) is 0 Å². The summed E-state index contributed by atoms with van der Waals surface area (Å²) in [5.41, 5.74) is 0. The van der Waals surface area contributed by atoms with Gasteiger partial charge >= 0.3 is 7.60 Å². The van der Waals surface area contributed by atoms with Gasteiger partial charge in [-0.15, -0.1) is 0 Å². The SMILES string of the molecule is CCC[Si](C)(C)OP(=O)(O)C(C)(C)O[Si](C)(C)C. The zero-order valence-electron chi connectivity index (χ0n) is 13.0. The van der Waals surface area contributed by atoms with Crippen LogP contribution in [0, 0.1) is 0 Å². The van der Waals surface area contributed by atoms with E-state index in [1.54, 1.807) is 13.8 Å². The Balaban J connectivity index is 4.97. The molecule has 110 valence electrons. The van der Waals surface area contributed by atoms with Gasteiger partial charge in [-0.2, -0.15) is 0 Å². The van der Waals surface area contributed by atoms with E-state index < -0.39 is 29.6 Å².